The lowest BCUT2D eigenvalue weighted by Crippen LogP contribution is -2.50. The maximum atomic E-state index is 14.9. The molecule has 1 unspecified atom stereocenters. The summed E-state index contributed by atoms with van der Waals surface area (Å²) in [5.41, 5.74) is 8.74. The van der Waals surface area contributed by atoms with Crippen LogP contribution in [0.2, 0.25) is 0 Å². The lowest BCUT2D eigenvalue weighted by atomic mass is 9.86. The van der Waals surface area contributed by atoms with Crippen molar-refractivity contribution in [2.75, 3.05) is 32.1 Å². The fourth-order valence-corrected chi connectivity index (χ4v) is 5.51. The van der Waals surface area contributed by atoms with Crippen molar-refractivity contribution < 1.29 is 9.13 Å². The van der Waals surface area contributed by atoms with Crippen molar-refractivity contribution in [1.29, 1.82) is 10.8 Å². The number of methoxy groups -OCH3 is 1. The summed E-state index contributed by atoms with van der Waals surface area (Å²) < 4.78 is 24.0. The number of likely N-dealkylation sites (tertiary alicyclic amines) is 1. The van der Waals surface area contributed by atoms with Gasteiger partial charge in [0.1, 0.15) is 5.69 Å². The highest BCUT2D eigenvalue weighted by molar-refractivity contribution is 5.87. The van der Waals surface area contributed by atoms with E-state index < -0.39 is 5.82 Å². The smallest absolute Gasteiger partial charge is 0.256 e. The Balaban J connectivity index is 1.35. The molecular formula is C28H33FN10O. The first kappa shape index (κ1) is 27.2. The summed E-state index contributed by atoms with van der Waals surface area (Å²) in [7, 11) is 1.56. The molecule has 1 aliphatic rings. The zero-order chi connectivity index (χ0) is 28.3. The van der Waals surface area contributed by atoms with Gasteiger partial charge in [0.15, 0.2) is 11.6 Å². The van der Waals surface area contributed by atoms with E-state index >= 15 is 0 Å². The Morgan fingerprint density at radius 1 is 1.30 bits per heavy atom. The number of nitriles is 1. The van der Waals surface area contributed by atoms with Gasteiger partial charge in [-0.25, -0.2) is 14.9 Å². The number of aromatic nitrogens is 5. The minimum absolute atomic E-state index is 0.00623. The predicted octanol–water partition coefficient (Wildman–Crippen LogP) is 5.61. The van der Waals surface area contributed by atoms with Crippen LogP contribution in [0.3, 0.4) is 0 Å². The Labute approximate surface area is 232 Å². The SMILES string of the molecule is COc1nn(C2CCN(CCCCN=N)C(C)(C)C2)cc1Nc1ncc(F)c(-n2ccc3c(C#N)cccc32)n1. The highest BCUT2D eigenvalue weighted by Crippen LogP contribution is 2.37. The number of anilines is 2. The number of ether oxygens (including phenoxy) is 1. The van der Waals surface area contributed by atoms with Gasteiger partial charge in [0.2, 0.25) is 5.95 Å². The zero-order valence-corrected chi connectivity index (χ0v) is 22.9. The molecule has 12 heteroatoms. The fraction of sp³-hybridized carbons (Fsp3) is 0.429. The molecule has 0 amide bonds. The summed E-state index contributed by atoms with van der Waals surface area (Å²) >= 11 is 0. The molecule has 1 aliphatic heterocycles. The quantitative estimate of drug-likeness (QED) is 0.196. The molecule has 0 radical (unpaired) electrons. The lowest BCUT2D eigenvalue weighted by molar-refractivity contribution is 0.0453. The van der Waals surface area contributed by atoms with Gasteiger partial charge in [-0.3, -0.25) is 14.1 Å². The van der Waals surface area contributed by atoms with Crippen molar-refractivity contribution >= 4 is 22.5 Å². The number of unbranched alkanes of at least 4 members (excludes halogenated alkanes) is 1. The predicted molar refractivity (Wildman–Crippen MR) is 149 cm³/mol. The average molecular weight is 545 g/mol. The van der Waals surface area contributed by atoms with Crippen LogP contribution in [0.5, 0.6) is 5.88 Å². The van der Waals surface area contributed by atoms with E-state index in [4.69, 9.17) is 15.4 Å². The highest BCUT2D eigenvalue weighted by atomic mass is 19.1. The maximum Gasteiger partial charge on any atom is 0.256 e. The van der Waals surface area contributed by atoms with Crippen molar-refractivity contribution in [1.82, 2.24) is 29.2 Å². The van der Waals surface area contributed by atoms with E-state index in [0.29, 0.717) is 29.2 Å². The first-order valence-electron chi connectivity index (χ1n) is 13.4. The largest absolute Gasteiger partial charge is 0.478 e. The van der Waals surface area contributed by atoms with Gasteiger partial charge in [0.05, 0.1) is 49.2 Å². The molecule has 3 aromatic heterocycles. The topological polar surface area (TPSA) is 133 Å². The van der Waals surface area contributed by atoms with Crippen LogP contribution in [0.4, 0.5) is 16.0 Å². The molecule has 4 heterocycles. The summed E-state index contributed by atoms with van der Waals surface area (Å²) in [5.74, 6) is 0.0802. The number of rotatable bonds is 10. The van der Waals surface area contributed by atoms with Gasteiger partial charge in [-0.1, -0.05) is 6.07 Å². The molecule has 208 valence electrons. The molecule has 0 spiro atoms. The molecule has 1 atom stereocenters. The first-order valence-corrected chi connectivity index (χ1v) is 13.4. The van der Waals surface area contributed by atoms with Crippen molar-refractivity contribution in [3.8, 4) is 17.8 Å². The van der Waals surface area contributed by atoms with Gasteiger partial charge in [0.25, 0.3) is 5.88 Å². The number of fused-ring (bicyclic) bond motifs is 1. The zero-order valence-electron chi connectivity index (χ0n) is 22.9. The van der Waals surface area contributed by atoms with E-state index in [1.807, 2.05) is 16.9 Å². The minimum Gasteiger partial charge on any atom is -0.478 e. The second kappa shape index (κ2) is 11.4. The molecule has 1 fully saturated rings. The van der Waals surface area contributed by atoms with E-state index in [1.165, 1.54) is 0 Å². The Hall–Kier alpha value is -4.37. The monoisotopic (exact) mass is 544 g/mol. The Kier molecular flexibility index (Phi) is 7.75. The molecule has 2 N–H and O–H groups in total. The van der Waals surface area contributed by atoms with Crippen LogP contribution in [-0.2, 0) is 0 Å². The van der Waals surface area contributed by atoms with Crippen LogP contribution in [-0.4, -0.2) is 61.5 Å². The minimum atomic E-state index is -0.587. The van der Waals surface area contributed by atoms with Crippen LogP contribution in [0.25, 0.3) is 16.7 Å². The van der Waals surface area contributed by atoms with Gasteiger partial charge >= 0.3 is 0 Å². The number of nitrogens with zero attached hydrogens (tertiary/aromatic N) is 8. The molecule has 0 bridgehead atoms. The first-order chi connectivity index (χ1) is 19.3. The molecule has 4 aromatic rings. The van der Waals surface area contributed by atoms with Crippen LogP contribution in [0.1, 0.15) is 51.1 Å². The van der Waals surface area contributed by atoms with Crippen molar-refractivity contribution in [2.45, 2.75) is 51.1 Å². The fourth-order valence-electron chi connectivity index (χ4n) is 5.51. The molecule has 1 aromatic carbocycles. The second-order valence-electron chi connectivity index (χ2n) is 10.6. The molecule has 40 heavy (non-hydrogen) atoms. The summed E-state index contributed by atoms with van der Waals surface area (Å²) in [6.07, 6.45) is 8.52. The number of halogens is 1. The highest BCUT2D eigenvalue weighted by Gasteiger charge is 2.35. The summed E-state index contributed by atoms with van der Waals surface area (Å²) in [4.78, 5) is 11.1. The number of benzene rings is 1. The number of hydrogen-bond acceptors (Lipinski definition) is 9. The molecule has 5 rings (SSSR count). The van der Waals surface area contributed by atoms with E-state index in [2.05, 4.69) is 45.2 Å². The van der Waals surface area contributed by atoms with Crippen LogP contribution in [0, 0.1) is 22.7 Å². The molecule has 1 saturated heterocycles. The Morgan fingerprint density at radius 3 is 2.90 bits per heavy atom. The van der Waals surface area contributed by atoms with E-state index in [1.54, 1.807) is 36.1 Å². The summed E-state index contributed by atoms with van der Waals surface area (Å²) in [6, 6.07) is 9.43. The Morgan fingerprint density at radius 2 is 2.15 bits per heavy atom. The molecule has 0 aliphatic carbocycles. The number of hydrogen-bond donors (Lipinski definition) is 2. The number of nitrogens with one attached hydrogen (secondary N) is 2. The summed E-state index contributed by atoms with van der Waals surface area (Å²) in [5, 5.41) is 21.4. The molecule has 0 saturated carbocycles. The van der Waals surface area contributed by atoms with E-state index in [0.717, 1.165) is 50.4 Å². The normalized spacial score (nSPS) is 17.0. The standard InChI is InChI=1S/C28H33FN10O/c1-28(2)15-20(9-13-37(28)12-5-4-11-33-31)39-18-23(26(36-39)40-3)34-27-32-17-22(29)25(35-27)38-14-10-21-19(16-30)7-6-8-24(21)38/h6-8,10,14,17-18,20,31H,4-5,9,11-13,15H2,1-3H3,(H,32,34,35). The van der Waals surface area contributed by atoms with Crippen molar-refractivity contribution in [3.05, 3.63) is 54.2 Å². The molecular weight excluding hydrogens is 511 g/mol. The van der Waals surface area contributed by atoms with Crippen LogP contribution >= 0.6 is 0 Å². The van der Waals surface area contributed by atoms with E-state index in [9.17, 15) is 9.65 Å². The van der Waals surface area contributed by atoms with Gasteiger partial charge in [-0.05, 0) is 64.3 Å². The van der Waals surface area contributed by atoms with Crippen LogP contribution in [0.15, 0.2) is 48.0 Å². The molecule has 11 nitrogen and oxygen atoms in total. The van der Waals surface area contributed by atoms with E-state index in [-0.39, 0.29) is 23.3 Å². The average Bonchev–Trinajstić information content (AvgIpc) is 3.56. The van der Waals surface area contributed by atoms with Gasteiger partial charge in [-0.15, -0.1) is 5.10 Å². The van der Waals surface area contributed by atoms with Crippen molar-refractivity contribution in [3.63, 3.8) is 0 Å². The van der Waals surface area contributed by atoms with Crippen molar-refractivity contribution in [2.24, 2.45) is 5.11 Å². The van der Waals surface area contributed by atoms with Crippen LogP contribution < -0.4 is 10.1 Å². The van der Waals surface area contributed by atoms with Gasteiger partial charge in [-0.2, -0.15) is 15.4 Å². The lowest BCUT2D eigenvalue weighted by Gasteiger charge is -2.45. The van der Waals surface area contributed by atoms with Gasteiger partial charge in [0, 0.05) is 23.7 Å². The third-order valence-corrected chi connectivity index (χ3v) is 7.59. The second-order valence-corrected chi connectivity index (χ2v) is 10.6. The summed E-state index contributed by atoms with van der Waals surface area (Å²) in [6.45, 7) is 7.04. The number of piperidine rings is 1. The maximum absolute atomic E-state index is 14.9. The third kappa shape index (κ3) is 5.37. The third-order valence-electron chi connectivity index (χ3n) is 7.59. The Bertz CT molecular complexity index is 1550. The van der Waals surface area contributed by atoms with Gasteiger partial charge < -0.3 is 10.1 Å².